The SMILES string of the molecule is Cc1ccc(C(C(=O)NCc2ccccc2)N(C(=O)C(CS)NC(=O)OC(C)(C)C)C(C)(C)C)cc1C. The molecule has 0 aliphatic heterocycles. The molecule has 0 aliphatic carbocycles. The van der Waals surface area contributed by atoms with Gasteiger partial charge in [0.1, 0.15) is 17.7 Å². The number of benzene rings is 2. The van der Waals surface area contributed by atoms with E-state index in [1.807, 2.05) is 83.1 Å². The van der Waals surface area contributed by atoms with Gasteiger partial charge in [0, 0.05) is 17.8 Å². The molecule has 2 rings (SSSR count). The molecule has 7 nitrogen and oxygen atoms in total. The molecule has 0 aliphatic rings. The largest absolute Gasteiger partial charge is 0.444 e. The molecule has 3 amide bonds. The Morgan fingerprint density at radius 2 is 1.57 bits per heavy atom. The number of nitrogens with zero attached hydrogens (tertiary/aromatic N) is 1. The minimum absolute atomic E-state index is 0.0376. The monoisotopic (exact) mass is 527 g/mol. The van der Waals surface area contributed by atoms with Gasteiger partial charge in [0.05, 0.1) is 0 Å². The van der Waals surface area contributed by atoms with Gasteiger partial charge in [0.2, 0.25) is 11.8 Å². The number of nitrogens with one attached hydrogen (secondary N) is 2. The number of aryl methyl sites for hydroxylation is 2. The van der Waals surface area contributed by atoms with Crippen molar-refractivity contribution in [3.63, 3.8) is 0 Å². The summed E-state index contributed by atoms with van der Waals surface area (Å²) in [6, 6.07) is 13.4. The first kappa shape index (κ1) is 30.2. The van der Waals surface area contributed by atoms with Gasteiger partial charge in [-0.1, -0.05) is 48.5 Å². The molecular formula is C29H41N3O4S. The maximum absolute atomic E-state index is 14.0. The zero-order valence-corrected chi connectivity index (χ0v) is 24.1. The maximum atomic E-state index is 14.0. The predicted octanol–water partition coefficient (Wildman–Crippen LogP) is 5.11. The van der Waals surface area contributed by atoms with Crippen LogP contribution < -0.4 is 10.6 Å². The summed E-state index contributed by atoms with van der Waals surface area (Å²) >= 11 is 4.34. The molecule has 2 aromatic carbocycles. The lowest BCUT2D eigenvalue weighted by Gasteiger charge is -2.43. The van der Waals surface area contributed by atoms with Gasteiger partial charge < -0.3 is 20.3 Å². The Morgan fingerprint density at radius 3 is 2.08 bits per heavy atom. The van der Waals surface area contributed by atoms with Crippen LogP contribution in [-0.2, 0) is 20.9 Å². The minimum Gasteiger partial charge on any atom is -0.444 e. The van der Waals surface area contributed by atoms with Crippen molar-refractivity contribution < 1.29 is 19.1 Å². The average Bonchev–Trinajstić information content (AvgIpc) is 2.79. The van der Waals surface area contributed by atoms with Crippen molar-refractivity contribution in [1.82, 2.24) is 15.5 Å². The highest BCUT2D eigenvalue weighted by Crippen LogP contribution is 2.31. The molecule has 202 valence electrons. The van der Waals surface area contributed by atoms with E-state index in [2.05, 4.69) is 23.3 Å². The van der Waals surface area contributed by atoms with Gasteiger partial charge in [-0.2, -0.15) is 12.6 Å². The highest BCUT2D eigenvalue weighted by atomic mass is 32.1. The molecule has 0 fully saturated rings. The zero-order chi connectivity index (χ0) is 28.0. The van der Waals surface area contributed by atoms with Crippen molar-refractivity contribution in [3.8, 4) is 0 Å². The second kappa shape index (κ2) is 12.5. The molecule has 0 saturated heterocycles. The summed E-state index contributed by atoms with van der Waals surface area (Å²) < 4.78 is 5.36. The number of alkyl carbamates (subject to hydrolysis) is 1. The van der Waals surface area contributed by atoms with Gasteiger partial charge in [0.15, 0.2) is 0 Å². The fourth-order valence-electron chi connectivity index (χ4n) is 3.88. The summed E-state index contributed by atoms with van der Waals surface area (Å²) in [4.78, 5) is 41.8. The molecule has 37 heavy (non-hydrogen) atoms. The Balaban J connectivity index is 2.49. The van der Waals surface area contributed by atoms with E-state index in [-0.39, 0.29) is 11.7 Å². The normalized spacial score (nSPS) is 13.3. The van der Waals surface area contributed by atoms with Gasteiger partial charge in [-0.25, -0.2) is 4.79 Å². The van der Waals surface area contributed by atoms with E-state index in [4.69, 9.17) is 4.74 Å². The number of thiol groups is 1. The smallest absolute Gasteiger partial charge is 0.408 e. The molecule has 8 heteroatoms. The van der Waals surface area contributed by atoms with Crippen molar-refractivity contribution in [2.24, 2.45) is 0 Å². The van der Waals surface area contributed by atoms with Crippen LogP contribution >= 0.6 is 12.6 Å². The molecule has 2 N–H and O–H groups in total. The first-order valence-corrected chi connectivity index (χ1v) is 13.1. The Bertz CT molecular complexity index is 1090. The average molecular weight is 528 g/mol. The van der Waals surface area contributed by atoms with Crippen LogP contribution in [0.2, 0.25) is 0 Å². The van der Waals surface area contributed by atoms with Gasteiger partial charge >= 0.3 is 6.09 Å². The van der Waals surface area contributed by atoms with Crippen LogP contribution in [0.4, 0.5) is 4.79 Å². The van der Waals surface area contributed by atoms with Gasteiger partial charge in [-0.05, 0) is 77.6 Å². The van der Waals surface area contributed by atoms with Gasteiger partial charge in [0.25, 0.3) is 0 Å². The van der Waals surface area contributed by atoms with Crippen molar-refractivity contribution >= 4 is 30.5 Å². The number of carbonyl (C=O) groups is 3. The standard InChI is InChI=1S/C29H41N3O4S/c1-19-14-15-22(16-20(19)2)24(25(33)30-17-21-12-10-9-11-13-21)32(28(3,4)5)26(34)23(18-37)31-27(35)36-29(6,7)8/h9-16,23-24,37H,17-18H2,1-8H3,(H,30,33)(H,31,35). The van der Waals surface area contributed by atoms with Crippen LogP contribution in [0.25, 0.3) is 0 Å². The molecule has 0 aromatic heterocycles. The van der Waals surface area contributed by atoms with E-state index >= 15 is 0 Å². The summed E-state index contributed by atoms with van der Waals surface area (Å²) in [5, 5.41) is 5.64. The first-order valence-electron chi connectivity index (χ1n) is 12.5. The van der Waals surface area contributed by atoms with Crippen molar-refractivity contribution in [3.05, 3.63) is 70.8 Å². The number of amides is 3. The number of ether oxygens (including phenoxy) is 1. The summed E-state index contributed by atoms with van der Waals surface area (Å²) in [6.45, 7) is 15.1. The van der Waals surface area contributed by atoms with Crippen molar-refractivity contribution in [2.45, 2.75) is 85.2 Å². The molecule has 0 saturated carbocycles. The molecule has 0 heterocycles. The third-order valence-corrected chi connectivity index (χ3v) is 6.16. The second-order valence-corrected chi connectivity index (χ2v) is 11.6. The molecule has 0 spiro atoms. The predicted molar refractivity (Wildman–Crippen MR) is 151 cm³/mol. The van der Waals surface area contributed by atoms with Crippen molar-refractivity contribution in [1.29, 1.82) is 0 Å². The van der Waals surface area contributed by atoms with Crippen molar-refractivity contribution in [2.75, 3.05) is 5.75 Å². The first-order chi connectivity index (χ1) is 17.1. The number of rotatable bonds is 8. The van der Waals surface area contributed by atoms with E-state index in [1.54, 1.807) is 20.8 Å². The summed E-state index contributed by atoms with van der Waals surface area (Å²) in [5.74, 6) is -0.701. The Labute approximate surface area is 226 Å². The molecule has 2 atom stereocenters. The van der Waals surface area contributed by atoms with E-state index in [0.717, 1.165) is 16.7 Å². The maximum Gasteiger partial charge on any atom is 0.408 e. The number of carbonyl (C=O) groups excluding carboxylic acids is 3. The molecular weight excluding hydrogens is 486 g/mol. The zero-order valence-electron chi connectivity index (χ0n) is 23.2. The van der Waals surface area contributed by atoms with Crippen LogP contribution in [0, 0.1) is 13.8 Å². The fraction of sp³-hybridized carbons (Fsp3) is 0.483. The Kier molecular flexibility index (Phi) is 10.2. The Morgan fingerprint density at radius 1 is 0.946 bits per heavy atom. The molecule has 2 unspecified atom stereocenters. The lowest BCUT2D eigenvalue weighted by Crippen LogP contribution is -2.59. The quantitative estimate of drug-likeness (QED) is 0.416. The third kappa shape index (κ3) is 8.81. The van der Waals surface area contributed by atoms with Crippen LogP contribution in [0.15, 0.2) is 48.5 Å². The van der Waals surface area contributed by atoms with Crippen LogP contribution in [-0.4, -0.2) is 45.7 Å². The van der Waals surface area contributed by atoms with Crippen LogP contribution in [0.5, 0.6) is 0 Å². The second-order valence-electron chi connectivity index (χ2n) is 11.2. The van der Waals surface area contributed by atoms with E-state index < -0.39 is 35.2 Å². The van der Waals surface area contributed by atoms with Crippen LogP contribution in [0.3, 0.4) is 0 Å². The topological polar surface area (TPSA) is 87.7 Å². The minimum atomic E-state index is -0.992. The molecule has 0 radical (unpaired) electrons. The lowest BCUT2D eigenvalue weighted by atomic mass is 9.93. The highest BCUT2D eigenvalue weighted by Gasteiger charge is 2.41. The highest BCUT2D eigenvalue weighted by molar-refractivity contribution is 7.80. The van der Waals surface area contributed by atoms with Gasteiger partial charge in [-0.15, -0.1) is 0 Å². The van der Waals surface area contributed by atoms with E-state index in [0.29, 0.717) is 12.1 Å². The summed E-state index contributed by atoms with van der Waals surface area (Å²) in [7, 11) is 0. The van der Waals surface area contributed by atoms with Gasteiger partial charge in [-0.3, -0.25) is 9.59 Å². The summed E-state index contributed by atoms with van der Waals surface area (Å²) in [6.07, 6.45) is -0.718. The molecule has 2 aromatic rings. The van der Waals surface area contributed by atoms with Crippen LogP contribution in [0.1, 0.15) is 69.8 Å². The van der Waals surface area contributed by atoms with E-state index in [9.17, 15) is 14.4 Å². The number of hydrogen-bond acceptors (Lipinski definition) is 5. The third-order valence-electron chi connectivity index (χ3n) is 5.79. The fourth-order valence-corrected chi connectivity index (χ4v) is 4.13. The molecule has 0 bridgehead atoms. The number of hydrogen-bond donors (Lipinski definition) is 3. The van der Waals surface area contributed by atoms with E-state index in [1.165, 1.54) is 4.90 Å². The Hall–Kier alpha value is -3.00. The lowest BCUT2D eigenvalue weighted by molar-refractivity contribution is -0.148. The summed E-state index contributed by atoms with van der Waals surface area (Å²) in [5.41, 5.74) is 2.24.